The van der Waals surface area contributed by atoms with Crippen molar-refractivity contribution in [3.05, 3.63) is 52.5 Å². The van der Waals surface area contributed by atoms with Gasteiger partial charge in [0.15, 0.2) is 0 Å². The van der Waals surface area contributed by atoms with Crippen LogP contribution in [0.3, 0.4) is 0 Å². The molecular weight excluding hydrogens is 490 g/mol. The number of alkyl halides is 3. The highest BCUT2D eigenvalue weighted by Gasteiger charge is 2.31. The largest absolute Gasteiger partial charge is 0.507 e. The van der Waals surface area contributed by atoms with Gasteiger partial charge in [-0.2, -0.15) is 13.2 Å². The van der Waals surface area contributed by atoms with E-state index in [-0.39, 0.29) is 17.3 Å². The number of phenols is 1. The maximum atomic E-state index is 12.9. The molecule has 0 saturated carbocycles. The number of phosphoric ester groups is 1. The van der Waals surface area contributed by atoms with Gasteiger partial charge in [-0.3, -0.25) is 4.52 Å². The number of rotatable bonds is 10. The van der Waals surface area contributed by atoms with E-state index >= 15 is 0 Å². The third-order valence-electron chi connectivity index (χ3n) is 4.70. The van der Waals surface area contributed by atoms with Crippen LogP contribution in [0.5, 0.6) is 5.75 Å². The van der Waals surface area contributed by atoms with Crippen LogP contribution in [0.1, 0.15) is 37.3 Å². The summed E-state index contributed by atoms with van der Waals surface area (Å²) in [4.78, 5) is 18.5. The highest BCUT2D eigenvalue weighted by molar-refractivity contribution is 7.99. The van der Waals surface area contributed by atoms with E-state index < -0.39 is 25.1 Å². The Morgan fingerprint density at radius 2 is 1.84 bits per heavy atom. The Bertz CT molecular complexity index is 988. The molecule has 2 rings (SSSR count). The number of benzene rings is 2. The summed E-state index contributed by atoms with van der Waals surface area (Å²) in [6.07, 6.45) is -2.61. The van der Waals surface area contributed by atoms with Gasteiger partial charge in [0.1, 0.15) is 5.75 Å². The van der Waals surface area contributed by atoms with Crippen LogP contribution in [0.25, 0.3) is 0 Å². The smallest absolute Gasteiger partial charge is 0.469 e. The maximum Gasteiger partial charge on any atom is 0.469 e. The van der Waals surface area contributed by atoms with E-state index in [1.807, 2.05) is 6.92 Å². The van der Waals surface area contributed by atoms with Crippen LogP contribution in [0.4, 0.5) is 13.2 Å². The Hall–Kier alpha value is -1.26. The van der Waals surface area contributed by atoms with Gasteiger partial charge in [-0.1, -0.05) is 42.8 Å². The average Bonchev–Trinajstić information content (AvgIpc) is 2.66. The summed E-state index contributed by atoms with van der Waals surface area (Å²) in [5.74, 6) is -0.277. The Labute approximate surface area is 193 Å². The van der Waals surface area contributed by atoms with E-state index in [2.05, 4.69) is 4.52 Å². The van der Waals surface area contributed by atoms with Gasteiger partial charge >= 0.3 is 14.0 Å². The van der Waals surface area contributed by atoms with Crippen molar-refractivity contribution in [2.45, 2.75) is 54.1 Å². The summed E-state index contributed by atoms with van der Waals surface area (Å²) >= 11 is 7.29. The van der Waals surface area contributed by atoms with Crippen molar-refractivity contribution in [3.63, 3.8) is 0 Å². The zero-order valence-electron chi connectivity index (χ0n) is 17.1. The van der Waals surface area contributed by atoms with Crippen LogP contribution in [0.2, 0.25) is 5.02 Å². The lowest BCUT2D eigenvalue weighted by atomic mass is 9.89. The number of nitrogens with two attached hydrogens (primary N) is 1. The summed E-state index contributed by atoms with van der Waals surface area (Å²) in [6, 6.07) is 7.61. The minimum Gasteiger partial charge on any atom is -0.507 e. The molecule has 0 fully saturated rings. The Kier molecular flexibility index (Phi) is 9.09. The lowest BCUT2D eigenvalue weighted by Gasteiger charge is -2.29. The van der Waals surface area contributed by atoms with Crippen molar-refractivity contribution in [2.24, 2.45) is 5.73 Å². The summed E-state index contributed by atoms with van der Waals surface area (Å²) in [7, 11) is -4.65. The van der Waals surface area contributed by atoms with E-state index in [0.29, 0.717) is 41.2 Å². The van der Waals surface area contributed by atoms with Crippen molar-refractivity contribution in [1.29, 1.82) is 0 Å². The minimum atomic E-state index is -4.65. The number of phenolic OH excluding ortho intramolecular Hbond substituents is 1. The molecule has 1 unspecified atom stereocenters. The molecule has 0 aliphatic rings. The molecule has 0 spiro atoms. The molecule has 0 amide bonds. The minimum absolute atomic E-state index is 0.0437. The molecule has 1 atom stereocenters. The molecule has 6 nitrogen and oxygen atoms in total. The Balaban J connectivity index is 2.12. The summed E-state index contributed by atoms with van der Waals surface area (Å²) < 4.78 is 54.4. The molecule has 0 saturated heterocycles. The molecule has 0 heterocycles. The average molecular weight is 514 g/mol. The number of hydrogen-bond acceptors (Lipinski definition) is 5. The van der Waals surface area contributed by atoms with Crippen molar-refractivity contribution in [1.82, 2.24) is 0 Å². The molecule has 0 aromatic heterocycles. The quantitative estimate of drug-likeness (QED) is 0.299. The Morgan fingerprint density at radius 3 is 2.41 bits per heavy atom. The second kappa shape index (κ2) is 10.8. The van der Waals surface area contributed by atoms with E-state index in [1.165, 1.54) is 0 Å². The molecule has 5 N–H and O–H groups in total. The first-order chi connectivity index (χ1) is 14.7. The van der Waals surface area contributed by atoms with Crippen LogP contribution >= 0.6 is 31.2 Å². The fourth-order valence-electron chi connectivity index (χ4n) is 3.06. The number of hydrogen-bond donors (Lipinski definition) is 4. The predicted octanol–water partition coefficient (Wildman–Crippen LogP) is 5.76. The third-order valence-corrected chi connectivity index (χ3v) is 6.55. The van der Waals surface area contributed by atoms with Crippen LogP contribution in [0, 0.1) is 0 Å². The van der Waals surface area contributed by atoms with E-state index in [1.54, 1.807) is 18.2 Å². The van der Waals surface area contributed by atoms with E-state index in [9.17, 15) is 22.8 Å². The predicted molar refractivity (Wildman–Crippen MR) is 117 cm³/mol. The molecule has 0 bridgehead atoms. The van der Waals surface area contributed by atoms with Crippen molar-refractivity contribution >= 4 is 31.2 Å². The van der Waals surface area contributed by atoms with Crippen LogP contribution in [-0.2, 0) is 21.7 Å². The highest BCUT2D eigenvalue weighted by atomic mass is 35.5. The zero-order valence-corrected chi connectivity index (χ0v) is 19.6. The van der Waals surface area contributed by atoms with Gasteiger partial charge in [-0.05, 0) is 55.2 Å². The zero-order chi connectivity index (χ0) is 24.2. The van der Waals surface area contributed by atoms with Gasteiger partial charge in [0.2, 0.25) is 0 Å². The van der Waals surface area contributed by atoms with Crippen LogP contribution < -0.4 is 5.73 Å². The molecule has 0 aliphatic heterocycles. The number of aromatic hydroxyl groups is 1. The fourth-order valence-corrected chi connectivity index (χ4v) is 4.75. The van der Waals surface area contributed by atoms with Crippen molar-refractivity contribution in [3.8, 4) is 5.75 Å². The monoisotopic (exact) mass is 513 g/mol. The van der Waals surface area contributed by atoms with Crippen molar-refractivity contribution in [2.75, 3.05) is 6.61 Å². The normalized spacial score (nSPS) is 14.4. The third kappa shape index (κ3) is 8.26. The lowest BCUT2D eigenvalue weighted by Crippen LogP contribution is -2.44. The molecule has 0 aliphatic carbocycles. The standard InChI is InChI=1S/C20H24ClF3NO5PS/c1-2-8-19(25,12-30-31(27,28)29)9-7-13-3-5-15(11-16(13)21)32-18-10-14(20(22,23)24)4-6-17(18)26/h3-6,10-11,26H,2,7-9,12,25H2,1H3,(H2,27,28,29). The summed E-state index contributed by atoms with van der Waals surface area (Å²) in [5, 5.41) is 10.3. The van der Waals surface area contributed by atoms with Gasteiger partial charge in [-0.15, -0.1) is 0 Å². The van der Waals surface area contributed by atoms with Crippen LogP contribution in [-0.4, -0.2) is 27.0 Å². The van der Waals surface area contributed by atoms with Crippen LogP contribution in [0.15, 0.2) is 46.2 Å². The lowest BCUT2D eigenvalue weighted by molar-refractivity contribution is -0.137. The molecule has 178 valence electrons. The number of aryl methyl sites for hydroxylation is 1. The molecule has 32 heavy (non-hydrogen) atoms. The second-order valence-corrected chi connectivity index (χ2v) is 10.2. The molecule has 12 heteroatoms. The van der Waals surface area contributed by atoms with E-state index in [0.717, 1.165) is 30.0 Å². The second-order valence-electron chi connectivity index (χ2n) is 7.41. The van der Waals surface area contributed by atoms with Gasteiger partial charge < -0.3 is 20.6 Å². The summed E-state index contributed by atoms with van der Waals surface area (Å²) in [5.41, 5.74) is 5.16. The number of halogens is 4. The molecule has 2 aromatic carbocycles. The molecule has 2 aromatic rings. The SMILES string of the molecule is CCCC(N)(CCc1ccc(Sc2cc(C(F)(F)F)ccc2O)cc1Cl)COP(=O)(O)O. The first-order valence-corrected chi connectivity index (χ1v) is 12.3. The van der Waals surface area contributed by atoms with Gasteiger partial charge in [-0.25, -0.2) is 4.57 Å². The summed E-state index contributed by atoms with van der Waals surface area (Å²) in [6.45, 7) is 1.58. The van der Waals surface area contributed by atoms with Gasteiger partial charge in [0.25, 0.3) is 0 Å². The first kappa shape index (κ1) is 27.0. The van der Waals surface area contributed by atoms with Crippen molar-refractivity contribution < 1.29 is 37.2 Å². The molecular formula is C20H24ClF3NO5PS. The Morgan fingerprint density at radius 1 is 1.16 bits per heavy atom. The topological polar surface area (TPSA) is 113 Å². The highest BCUT2D eigenvalue weighted by Crippen LogP contribution is 2.41. The fraction of sp³-hybridized carbons (Fsp3) is 0.400. The first-order valence-electron chi connectivity index (χ1n) is 9.58. The van der Waals surface area contributed by atoms with Gasteiger partial charge in [0.05, 0.1) is 17.1 Å². The van der Waals surface area contributed by atoms with E-state index in [4.69, 9.17) is 27.1 Å². The number of phosphoric acid groups is 1. The molecule has 0 radical (unpaired) electrons. The van der Waals surface area contributed by atoms with Gasteiger partial charge in [0, 0.05) is 15.5 Å². The maximum absolute atomic E-state index is 12.9.